The Kier molecular flexibility index (Phi) is 7.61. The number of rotatable bonds is 8. The predicted molar refractivity (Wildman–Crippen MR) is 120 cm³/mol. The number of aromatic nitrogens is 1. The van der Waals surface area contributed by atoms with E-state index in [9.17, 15) is 19.1 Å². The van der Waals surface area contributed by atoms with Crippen LogP contribution in [0.4, 0.5) is 4.39 Å². The average molecular weight is 452 g/mol. The van der Waals surface area contributed by atoms with E-state index in [2.05, 4.69) is 10.3 Å². The van der Waals surface area contributed by atoms with E-state index in [0.29, 0.717) is 0 Å². The highest BCUT2D eigenvalue weighted by molar-refractivity contribution is 5.97. The quantitative estimate of drug-likeness (QED) is 0.505. The second-order valence-electron chi connectivity index (χ2n) is 7.49. The summed E-state index contributed by atoms with van der Waals surface area (Å²) in [5, 5.41) is 12.6. The van der Waals surface area contributed by atoms with Crippen molar-refractivity contribution in [2.75, 3.05) is 7.11 Å². The first-order valence-corrected chi connectivity index (χ1v) is 10.4. The molecule has 3 atom stereocenters. The van der Waals surface area contributed by atoms with Gasteiger partial charge in [-0.3, -0.25) is 4.79 Å². The zero-order valence-corrected chi connectivity index (χ0v) is 18.5. The van der Waals surface area contributed by atoms with E-state index < -0.39 is 29.8 Å². The van der Waals surface area contributed by atoms with Crippen LogP contribution in [0.5, 0.6) is 11.5 Å². The minimum Gasteiger partial charge on any atom is -0.503 e. The average Bonchev–Trinajstić information content (AvgIpc) is 2.81. The Balaban J connectivity index is 1.74. The van der Waals surface area contributed by atoms with Crippen molar-refractivity contribution in [3.8, 4) is 11.5 Å². The summed E-state index contributed by atoms with van der Waals surface area (Å²) in [5.41, 5.74) is 1.41. The van der Waals surface area contributed by atoms with Crippen LogP contribution in [0.1, 0.15) is 41.4 Å². The molecule has 1 heterocycles. The van der Waals surface area contributed by atoms with Crippen molar-refractivity contribution >= 4 is 11.9 Å². The largest absolute Gasteiger partial charge is 0.503 e. The summed E-state index contributed by atoms with van der Waals surface area (Å²) in [6.07, 6.45) is 0.694. The lowest BCUT2D eigenvalue weighted by Crippen LogP contribution is -2.41. The third-order valence-electron chi connectivity index (χ3n) is 5.18. The van der Waals surface area contributed by atoms with Gasteiger partial charge in [-0.05, 0) is 37.1 Å². The minimum absolute atomic E-state index is 0.0870. The number of amides is 1. The van der Waals surface area contributed by atoms with Crippen LogP contribution in [0, 0.1) is 5.82 Å². The summed E-state index contributed by atoms with van der Waals surface area (Å²) >= 11 is 0. The molecular formula is C25H25FN2O5. The van der Waals surface area contributed by atoms with Crippen molar-refractivity contribution in [2.24, 2.45) is 0 Å². The van der Waals surface area contributed by atoms with E-state index >= 15 is 0 Å². The smallest absolute Gasteiger partial charge is 0.328 e. The number of nitrogens with one attached hydrogen (secondary N) is 1. The normalized spacial score (nSPS) is 13.5. The fourth-order valence-corrected chi connectivity index (χ4v) is 3.51. The third-order valence-corrected chi connectivity index (χ3v) is 5.18. The van der Waals surface area contributed by atoms with Gasteiger partial charge in [0.05, 0.1) is 7.11 Å². The molecule has 0 unspecified atom stereocenters. The van der Waals surface area contributed by atoms with Crippen molar-refractivity contribution in [3.05, 3.63) is 89.5 Å². The summed E-state index contributed by atoms with van der Waals surface area (Å²) in [4.78, 5) is 29.1. The Morgan fingerprint density at radius 1 is 1.00 bits per heavy atom. The molecule has 2 N–H and O–H groups in total. The van der Waals surface area contributed by atoms with E-state index in [0.717, 1.165) is 11.1 Å². The Labute approximate surface area is 191 Å². The van der Waals surface area contributed by atoms with E-state index in [1.165, 1.54) is 38.4 Å². The molecule has 0 aliphatic heterocycles. The maximum atomic E-state index is 13.5. The number of methoxy groups -OCH3 is 1. The molecule has 3 aromatic rings. The lowest BCUT2D eigenvalue weighted by molar-refractivity contribution is -0.150. The van der Waals surface area contributed by atoms with Crippen LogP contribution in [-0.4, -0.2) is 41.2 Å². The lowest BCUT2D eigenvalue weighted by Gasteiger charge is -2.26. The number of nitrogens with zero attached hydrogens (tertiary/aromatic N) is 1. The van der Waals surface area contributed by atoms with Gasteiger partial charge in [-0.2, -0.15) is 0 Å². The summed E-state index contributed by atoms with van der Waals surface area (Å²) < 4.78 is 24.1. The molecule has 1 amide bonds. The van der Waals surface area contributed by atoms with Crippen LogP contribution >= 0.6 is 0 Å². The molecule has 8 heteroatoms. The molecule has 0 aliphatic carbocycles. The van der Waals surface area contributed by atoms with Crippen molar-refractivity contribution in [3.63, 3.8) is 0 Å². The third kappa shape index (κ3) is 5.65. The molecule has 33 heavy (non-hydrogen) atoms. The van der Waals surface area contributed by atoms with E-state index in [1.807, 2.05) is 30.3 Å². The number of hydrogen-bond donors (Lipinski definition) is 2. The Hall–Kier alpha value is -3.94. The molecule has 0 radical (unpaired) electrons. The van der Waals surface area contributed by atoms with Crippen LogP contribution in [0.15, 0.2) is 66.9 Å². The highest BCUT2D eigenvalue weighted by atomic mass is 19.1. The number of benzene rings is 2. The second kappa shape index (κ2) is 10.6. The van der Waals surface area contributed by atoms with Crippen molar-refractivity contribution in [1.82, 2.24) is 10.3 Å². The number of pyridine rings is 1. The van der Waals surface area contributed by atoms with Gasteiger partial charge in [0.25, 0.3) is 5.91 Å². The van der Waals surface area contributed by atoms with Crippen molar-refractivity contribution in [2.45, 2.75) is 31.9 Å². The number of ether oxygens (including phenoxy) is 2. The number of carbonyl (C=O) groups is 2. The molecule has 0 spiro atoms. The summed E-state index contributed by atoms with van der Waals surface area (Å²) in [7, 11) is 1.35. The Morgan fingerprint density at radius 2 is 1.64 bits per heavy atom. The number of esters is 1. The van der Waals surface area contributed by atoms with Crippen LogP contribution < -0.4 is 10.1 Å². The SMILES string of the molecule is COc1ccnc(C(=O)N[C@@H](C)C(=O)O[C@@H](C)[C@H](c2ccccc2)c2ccc(F)cc2)c1O. The number of halogens is 1. The first kappa shape index (κ1) is 23.7. The van der Waals surface area contributed by atoms with Crippen LogP contribution in [0.3, 0.4) is 0 Å². The number of carbonyl (C=O) groups excluding carboxylic acids is 2. The van der Waals surface area contributed by atoms with E-state index in [1.54, 1.807) is 19.1 Å². The number of hydrogen-bond acceptors (Lipinski definition) is 6. The van der Waals surface area contributed by atoms with Gasteiger partial charge < -0.3 is 19.9 Å². The second-order valence-corrected chi connectivity index (χ2v) is 7.49. The van der Waals surface area contributed by atoms with Gasteiger partial charge in [0.2, 0.25) is 0 Å². The topological polar surface area (TPSA) is 97.8 Å². The lowest BCUT2D eigenvalue weighted by atomic mass is 9.87. The van der Waals surface area contributed by atoms with Crippen molar-refractivity contribution in [1.29, 1.82) is 0 Å². The molecule has 0 saturated heterocycles. The molecule has 0 saturated carbocycles. The van der Waals surface area contributed by atoms with E-state index in [4.69, 9.17) is 9.47 Å². The van der Waals surface area contributed by atoms with Gasteiger partial charge in [0, 0.05) is 18.2 Å². The van der Waals surface area contributed by atoms with Gasteiger partial charge in [-0.1, -0.05) is 42.5 Å². The summed E-state index contributed by atoms with van der Waals surface area (Å²) in [6.45, 7) is 3.21. The summed E-state index contributed by atoms with van der Waals surface area (Å²) in [6, 6.07) is 15.8. The molecular weight excluding hydrogens is 427 g/mol. The van der Waals surface area contributed by atoms with Gasteiger partial charge in [0.1, 0.15) is 18.0 Å². The molecule has 0 bridgehead atoms. The van der Waals surface area contributed by atoms with Gasteiger partial charge in [-0.15, -0.1) is 0 Å². The van der Waals surface area contributed by atoms with Crippen LogP contribution in [-0.2, 0) is 9.53 Å². The highest BCUT2D eigenvalue weighted by Crippen LogP contribution is 2.30. The first-order valence-electron chi connectivity index (χ1n) is 10.4. The van der Waals surface area contributed by atoms with Crippen LogP contribution in [0.25, 0.3) is 0 Å². The fourth-order valence-electron chi connectivity index (χ4n) is 3.51. The zero-order chi connectivity index (χ0) is 24.0. The van der Waals surface area contributed by atoms with Gasteiger partial charge in [0.15, 0.2) is 17.2 Å². The maximum Gasteiger partial charge on any atom is 0.328 e. The molecule has 2 aromatic carbocycles. The monoisotopic (exact) mass is 452 g/mol. The first-order chi connectivity index (χ1) is 15.8. The Morgan fingerprint density at radius 3 is 2.27 bits per heavy atom. The van der Waals surface area contributed by atoms with E-state index in [-0.39, 0.29) is 23.2 Å². The molecule has 172 valence electrons. The molecule has 7 nitrogen and oxygen atoms in total. The minimum atomic E-state index is -1.02. The van der Waals surface area contributed by atoms with Crippen molar-refractivity contribution < 1.29 is 28.6 Å². The highest BCUT2D eigenvalue weighted by Gasteiger charge is 2.28. The Bertz CT molecular complexity index is 1110. The molecule has 1 aromatic heterocycles. The summed E-state index contributed by atoms with van der Waals surface area (Å²) in [5.74, 6) is -2.46. The molecule has 0 aliphatic rings. The molecule has 3 rings (SSSR count). The fraction of sp³-hybridized carbons (Fsp3) is 0.240. The number of aromatic hydroxyl groups is 1. The van der Waals surface area contributed by atoms with Gasteiger partial charge in [-0.25, -0.2) is 14.2 Å². The standard InChI is InChI=1S/C25H25FN2O5/c1-15(28-24(30)22-23(29)20(32-3)13-14-27-22)25(31)33-16(2)21(17-7-5-4-6-8-17)18-9-11-19(26)12-10-18/h4-16,21,29H,1-3H3,(H,28,30)/t15-,16-,21+/m0/s1. The van der Waals surface area contributed by atoms with Gasteiger partial charge >= 0.3 is 5.97 Å². The zero-order valence-electron chi connectivity index (χ0n) is 18.5. The predicted octanol–water partition coefficient (Wildman–Crippen LogP) is 3.82. The van der Waals surface area contributed by atoms with Crippen LogP contribution in [0.2, 0.25) is 0 Å². The maximum absolute atomic E-state index is 13.5. The molecule has 0 fully saturated rings.